The van der Waals surface area contributed by atoms with Gasteiger partial charge in [0.2, 0.25) is 10.0 Å². The summed E-state index contributed by atoms with van der Waals surface area (Å²) in [6.45, 7) is 10.2. The van der Waals surface area contributed by atoms with Crippen LogP contribution in [-0.2, 0) is 14.8 Å². The molecule has 0 bridgehead atoms. The second-order valence-electron chi connectivity index (χ2n) is 12.2. The number of amides is 2. The molecule has 2 aromatic carbocycles. The van der Waals surface area contributed by atoms with E-state index in [1.54, 1.807) is 62.9 Å². The Hall–Kier alpha value is -2.90. The van der Waals surface area contributed by atoms with Crippen LogP contribution < -0.4 is 10.0 Å². The fraction of sp³-hybridized carbons (Fsp3) is 0.500. The highest BCUT2D eigenvalue weighted by Gasteiger charge is 2.31. The van der Waals surface area contributed by atoms with Crippen LogP contribution in [0.4, 0.5) is 0 Å². The van der Waals surface area contributed by atoms with Crippen molar-refractivity contribution in [1.82, 2.24) is 19.9 Å². The van der Waals surface area contributed by atoms with Crippen molar-refractivity contribution in [3.63, 3.8) is 0 Å². The Balaban J connectivity index is 1.83. The third-order valence-electron chi connectivity index (χ3n) is 7.11. The number of thiazole rings is 1. The summed E-state index contributed by atoms with van der Waals surface area (Å²) >= 11 is 1.08. The number of carbonyl (C=O) groups excluding carboxylic acids is 2. The van der Waals surface area contributed by atoms with Crippen molar-refractivity contribution in [2.45, 2.75) is 63.5 Å². The van der Waals surface area contributed by atoms with E-state index in [-0.39, 0.29) is 34.7 Å². The van der Waals surface area contributed by atoms with Crippen molar-refractivity contribution in [2.75, 3.05) is 33.4 Å². The number of ether oxygens (including phenoxy) is 1. The lowest BCUT2D eigenvalue weighted by Gasteiger charge is -2.30. The number of carbonyl (C=O) groups is 2. The first-order chi connectivity index (χ1) is 19.6. The predicted octanol–water partition coefficient (Wildman–Crippen LogP) is 4.04. The lowest BCUT2D eigenvalue weighted by atomic mass is 9.98. The van der Waals surface area contributed by atoms with Crippen molar-refractivity contribution in [3.05, 3.63) is 47.1 Å². The Morgan fingerprint density at radius 2 is 1.74 bits per heavy atom. The molecule has 42 heavy (non-hydrogen) atoms. The molecule has 228 valence electrons. The molecule has 0 aliphatic carbocycles. The zero-order valence-electron chi connectivity index (χ0n) is 25.0. The number of aliphatic hydroxyl groups is 1. The summed E-state index contributed by atoms with van der Waals surface area (Å²) < 4.78 is 35.0. The van der Waals surface area contributed by atoms with E-state index in [0.717, 1.165) is 24.2 Å². The average Bonchev–Trinajstić information content (AvgIpc) is 3.35. The van der Waals surface area contributed by atoms with Crippen LogP contribution in [0.2, 0.25) is 0 Å². The van der Waals surface area contributed by atoms with Gasteiger partial charge in [-0.25, -0.2) is 18.1 Å². The number of fused-ring (bicyclic) bond motifs is 1. The molecule has 0 spiro atoms. The van der Waals surface area contributed by atoms with Gasteiger partial charge in [0.15, 0.2) is 5.01 Å². The molecule has 2 amide bonds. The number of nitrogens with zero attached hydrogens (tertiary/aromatic N) is 2. The molecular formula is C30H40N4O6S2. The summed E-state index contributed by atoms with van der Waals surface area (Å²) in [5.41, 5.74) is -1.21. The molecule has 3 N–H and O–H groups in total. The summed E-state index contributed by atoms with van der Waals surface area (Å²) in [6.07, 6.45) is 1.76. The molecule has 2 heterocycles. The Kier molecular flexibility index (Phi) is 9.43. The number of aromatic nitrogens is 1. The number of hydrogen-bond donors (Lipinski definition) is 3. The largest absolute Gasteiger partial charge is 0.389 e. The lowest BCUT2D eigenvalue weighted by molar-refractivity contribution is 0.0685. The second kappa shape index (κ2) is 12.4. The van der Waals surface area contributed by atoms with E-state index in [1.165, 1.54) is 13.2 Å². The van der Waals surface area contributed by atoms with Crippen molar-refractivity contribution in [3.8, 4) is 10.4 Å². The summed E-state index contributed by atoms with van der Waals surface area (Å²) in [5.74, 6) is -0.241. The number of likely N-dealkylation sites (tertiary alicyclic amines) is 1. The summed E-state index contributed by atoms with van der Waals surface area (Å²) in [5, 5.41) is 14.0. The van der Waals surface area contributed by atoms with E-state index < -0.39 is 27.1 Å². The van der Waals surface area contributed by atoms with Crippen molar-refractivity contribution >= 4 is 43.9 Å². The van der Waals surface area contributed by atoms with Crippen LogP contribution in [0.5, 0.6) is 0 Å². The van der Waals surface area contributed by atoms with Gasteiger partial charge in [0.25, 0.3) is 11.8 Å². The zero-order chi connectivity index (χ0) is 30.9. The van der Waals surface area contributed by atoms with Crippen LogP contribution in [0, 0.1) is 5.92 Å². The minimum Gasteiger partial charge on any atom is -0.389 e. The highest BCUT2D eigenvalue weighted by molar-refractivity contribution is 7.89. The lowest BCUT2D eigenvalue weighted by Crippen LogP contribution is -2.46. The molecule has 1 aliphatic heterocycles. The average molecular weight is 617 g/mol. The molecule has 0 radical (unpaired) electrons. The van der Waals surface area contributed by atoms with Crippen LogP contribution in [0.25, 0.3) is 21.2 Å². The van der Waals surface area contributed by atoms with E-state index >= 15 is 0 Å². The van der Waals surface area contributed by atoms with Gasteiger partial charge >= 0.3 is 0 Å². The van der Waals surface area contributed by atoms with Gasteiger partial charge in [-0.3, -0.25) is 9.59 Å². The molecule has 10 nitrogen and oxygen atoms in total. The SMILES string of the molecule is COCC(C)(C)NS(=O)(=O)c1ccc(-c2sc(C(=O)NCC(C)(C)O)nc2C(=O)N2CCC(C)CC2)c2ccccc12. The van der Waals surface area contributed by atoms with E-state index in [9.17, 15) is 23.1 Å². The van der Waals surface area contributed by atoms with E-state index in [0.29, 0.717) is 40.2 Å². The molecule has 0 atom stereocenters. The normalized spacial score (nSPS) is 15.3. The molecule has 1 fully saturated rings. The number of nitrogens with one attached hydrogen (secondary N) is 2. The van der Waals surface area contributed by atoms with Gasteiger partial charge in [-0.05, 0) is 57.9 Å². The molecule has 1 aromatic heterocycles. The van der Waals surface area contributed by atoms with Crippen LogP contribution >= 0.6 is 11.3 Å². The van der Waals surface area contributed by atoms with Gasteiger partial charge in [0.05, 0.1) is 27.5 Å². The number of hydrogen-bond acceptors (Lipinski definition) is 8. The number of methoxy groups -OCH3 is 1. The van der Waals surface area contributed by atoms with Gasteiger partial charge in [0.1, 0.15) is 5.69 Å². The first-order valence-electron chi connectivity index (χ1n) is 14.0. The van der Waals surface area contributed by atoms with Crippen molar-refractivity contribution in [1.29, 1.82) is 0 Å². The highest BCUT2D eigenvalue weighted by atomic mass is 32.2. The molecule has 0 unspecified atom stereocenters. The number of piperidine rings is 1. The van der Waals surface area contributed by atoms with Crippen LogP contribution in [0.1, 0.15) is 67.8 Å². The van der Waals surface area contributed by atoms with Crippen molar-refractivity contribution in [2.24, 2.45) is 5.92 Å². The Labute approximate surface area is 251 Å². The minimum absolute atomic E-state index is 0.00987. The molecule has 4 rings (SSSR count). The Bertz CT molecular complexity index is 1570. The number of rotatable bonds is 10. The fourth-order valence-corrected chi connectivity index (χ4v) is 7.61. The maximum absolute atomic E-state index is 13.8. The third kappa shape index (κ3) is 7.35. The smallest absolute Gasteiger partial charge is 0.280 e. The summed E-state index contributed by atoms with van der Waals surface area (Å²) in [6, 6.07) is 10.3. The Morgan fingerprint density at radius 1 is 1.10 bits per heavy atom. The Morgan fingerprint density at radius 3 is 2.36 bits per heavy atom. The highest BCUT2D eigenvalue weighted by Crippen LogP contribution is 2.39. The van der Waals surface area contributed by atoms with Crippen LogP contribution in [0.3, 0.4) is 0 Å². The summed E-state index contributed by atoms with van der Waals surface area (Å²) in [7, 11) is -2.44. The number of benzene rings is 2. The van der Waals surface area contributed by atoms with Gasteiger partial charge in [-0.15, -0.1) is 11.3 Å². The predicted molar refractivity (Wildman–Crippen MR) is 164 cm³/mol. The van der Waals surface area contributed by atoms with Gasteiger partial charge in [-0.1, -0.05) is 37.3 Å². The van der Waals surface area contributed by atoms with Gasteiger partial charge in [-0.2, -0.15) is 0 Å². The molecule has 1 saturated heterocycles. The third-order valence-corrected chi connectivity index (χ3v) is 9.95. The quantitative estimate of drug-likeness (QED) is 0.313. The summed E-state index contributed by atoms with van der Waals surface area (Å²) in [4.78, 5) is 33.7. The van der Waals surface area contributed by atoms with Crippen LogP contribution in [-0.4, -0.2) is 79.7 Å². The molecule has 0 saturated carbocycles. The first kappa shape index (κ1) is 32.0. The van der Waals surface area contributed by atoms with Crippen LogP contribution in [0.15, 0.2) is 41.3 Å². The van der Waals surface area contributed by atoms with E-state index in [2.05, 4.69) is 21.9 Å². The topological polar surface area (TPSA) is 138 Å². The van der Waals surface area contributed by atoms with E-state index in [4.69, 9.17) is 4.74 Å². The maximum Gasteiger partial charge on any atom is 0.280 e. The van der Waals surface area contributed by atoms with Crippen molar-refractivity contribution < 1.29 is 27.9 Å². The zero-order valence-corrected chi connectivity index (χ0v) is 26.6. The molecule has 1 aliphatic rings. The maximum atomic E-state index is 13.8. The monoisotopic (exact) mass is 616 g/mol. The molecule has 12 heteroatoms. The number of sulfonamides is 1. The molecular weight excluding hydrogens is 576 g/mol. The standard InChI is InChI=1S/C30H40N4O6S2/c1-19-13-15-34(16-14-19)28(36)24-25(41-27(32-24)26(35)31-17-30(4,5)37)22-11-12-23(21-10-8-7-9-20(21)22)42(38,39)33-29(2,3)18-40-6/h7-12,19,33,37H,13-18H2,1-6H3,(H,31,35). The first-order valence-corrected chi connectivity index (χ1v) is 16.3. The minimum atomic E-state index is -3.95. The second-order valence-corrected chi connectivity index (χ2v) is 14.9. The van der Waals surface area contributed by atoms with Gasteiger partial charge in [0, 0.05) is 37.7 Å². The molecule has 3 aromatic rings. The fourth-order valence-electron chi connectivity index (χ4n) is 4.99. The van der Waals surface area contributed by atoms with E-state index in [1.807, 2.05) is 0 Å². The van der Waals surface area contributed by atoms with Gasteiger partial charge < -0.3 is 20.1 Å².